The van der Waals surface area contributed by atoms with Crippen molar-refractivity contribution in [2.75, 3.05) is 12.3 Å². The zero-order chi connectivity index (χ0) is 13.9. The first-order valence-electron chi connectivity index (χ1n) is 7.31. The molecule has 1 atom stereocenters. The average Bonchev–Trinajstić information content (AvgIpc) is 2.44. The van der Waals surface area contributed by atoms with E-state index >= 15 is 0 Å². The Hall–Kier alpha value is -0.180. The lowest BCUT2D eigenvalue weighted by atomic mass is 10.1. The lowest BCUT2D eigenvalue weighted by Gasteiger charge is -2.16. The van der Waals surface area contributed by atoms with Gasteiger partial charge in [-0.2, -0.15) is 11.8 Å². The Morgan fingerprint density at radius 2 is 1.95 bits per heavy atom. The lowest BCUT2D eigenvalue weighted by Crippen LogP contribution is -2.29. The molecule has 19 heavy (non-hydrogen) atoms. The minimum Gasteiger partial charge on any atom is -0.314 e. The van der Waals surface area contributed by atoms with Gasteiger partial charge in [0.1, 0.15) is 0 Å². The Morgan fingerprint density at radius 1 is 1.21 bits per heavy atom. The summed E-state index contributed by atoms with van der Waals surface area (Å²) in [4.78, 5) is 0. The van der Waals surface area contributed by atoms with Crippen molar-refractivity contribution in [2.45, 2.75) is 51.3 Å². The molecule has 0 aromatic heterocycles. The topological polar surface area (TPSA) is 12.0 Å². The van der Waals surface area contributed by atoms with Gasteiger partial charge in [-0.1, -0.05) is 37.6 Å². The summed E-state index contributed by atoms with van der Waals surface area (Å²) in [6.45, 7) is 5.65. The molecule has 1 N–H and O–H groups in total. The first kappa shape index (κ1) is 16.9. The van der Waals surface area contributed by atoms with E-state index in [0.717, 1.165) is 17.3 Å². The molecule has 0 fully saturated rings. The summed E-state index contributed by atoms with van der Waals surface area (Å²) in [6.07, 6.45) is 5.06. The van der Waals surface area contributed by atoms with E-state index in [-0.39, 0.29) is 0 Å². The van der Waals surface area contributed by atoms with Gasteiger partial charge in [-0.15, -0.1) is 0 Å². The quantitative estimate of drug-likeness (QED) is 0.601. The molecule has 1 aromatic rings. The summed E-state index contributed by atoms with van der Waals surface area (Å²) >= 11 is 7.89. The van der Waals surface area contributed by atoms with Gasteiger partial charge < -0.3 is 5.32 Å². The van der Waals surface area contributed by atoms with Gasteiger partial charge in [0.05, 0.1) is 0 Å². The van der Waals surface area contributed by atoms with Crippen LogP contribution >= 0.6 is 23.4 Å². The van der Waals surface area contributed by atoms with E-state index in [1.807, 2.05) is 23.9 Å². The number of halogens is 1. The normalized spacial score (nSPS) is 12.6. The van der Waals surface area contributed by atoms with Crippen LogP contribution < -0.4 is 5.32 Å². The standard InChI is InChI=1S/C16H26ClNS/c1-3-11-18-16(4-2)6-5-12-19-13-14-7-9-15(17)10-8-14/h7-10,16,18H,3-6,11-13H2,1-2H3. The summed E-state index contributed by atoms with van der Waals surface area (Å²) in [7, 11) is 0. The van der Waals surface area contributed by atoms with E-state index in [9.17, 15) is 0 Å². The van der Waals surface area contributed by atoms with Crippen LogP contribution in [-0.4, -0.2) is 18.3 Å². The molecule has 1 aromatic carbocycles. The van der Waals surface area contributed by atoms with Crippen LogP contribution in [0.5, 0.6) is 0 Å². The molecule has 0 spiro atoms. The number of hydrogen-bond acceptors (Lipinski definition) is 2. The van der Waals surface area contributed by atoms with Crippen molar-refractivity contribution in [3.63, 3.8) is 0 Å². The van der Waals surface area contributed by atoms with E-state index in [1.54, 1.807) is 0 Å². The molecule has 0 bridgehead atoms. The molecule has 3 heteroatoms. The second-order valence-electron chi connectivity index (χ2n) is 4.88. The molecule has 0 aliphatic carbocycles. The van der Waals surface area contributed by atoms with Gasteiger partial charge in [-0.25, -0.2) is 0 Å². The van der Waals surface area contributed by atoms with Gasteiger partial charge in [-0.05, 0) is 55.7 Å². The molecule has 0 saturated heterocycles. The second-order valence-corrected chi connectivity index (χ2v) is 6.42. The molecule has 0 aliphatic rings. The van der Waals surface area contributed by atoms with Crippen molar-refractivity contribution in [1.82, 2.24) is 5.32 Å². The number of thioether (sulfide) groups is 1. The van der Waals surface area contributed by atoms with Crippen LogP contribution in [0.2, 0.25) is 5.02 Å². The number of hydrogen-bond donors (Lipinski definition) is 1. The monoisotopic (exact) mass is 299 g/mol. The van der Waals surface area contributed by atoms with Gasteiger partial charge in [0.2, 0.25) is 0 Å². The number of rotatable bonds is 10. The van der Waals surface area contributed by atoms with Crippen LogP contribution in [0.3, 0.4) is 0 Å². The predicted molar refractivity (Wildman–Crippen MR) is 89.2 cm³/mol. The minimum absolute atomic E-state index is 0.705. The highest BCUT2D eigenvalue weighted by Crippen LogP contribution is 2.17. The molecule has 0 aliphatic heterocycles. The van der Waals surface area contributed by atoms with Crippen molar-refractivity contribution < 1.29 is 0 Å². The fourth-order valence-corrected chi connectivity index (χ4v) is 3.07. The first-order chi connectivity index (χ1) is 9.26. The van der Waals surface area contributed by atoms with E-state index in [0.29, 0.717) is 6.04 Å². The molecular formula is C16H26ClNS. The Kier molecular flexibility index (Phi) is 9.40. The van der Waals surface area contributed by atoms with Crippen LogP contribution in [0.4, 0.5) is 0 Å². The van der Waals surface area contributed by atoms with E-state index in [4.69, 9.17) is 11.6 Å². The number of nitrogens with one attached hydrogen (secondary N) is 1. The first-order valence-corrected chi connectivity index (χ1v) is 8.85. The summed E-state index contributed by atoms with van der Waals surface area (Å²) in [5.74, 6) is 2.34. The smallest absolute Gasteiger partial charge is 0.0406 e. The maximum atomic E-state index is 5.87. The lowest BCUT2D eigenvalue weighted by molar-refractivity contribution is 0.465. The molecule has 1 rings (SSSR count). The predicted octanol–water partition coefficient (Wildman–Crippen LogP) is 5.13. The van der Waals surface area contributed by atoms with Gasteiger partial charge in [0.15, 0.2) is 0 Å². The van der Waals surface area contributed by atoms with Crippen LogP contribution in [-0.2, 0) is 5.75 Å². The summed E-state index contributed by atoms with van der Waals surface area (Å²) < 4.78 is 0. The molecule has 0 saturated carbocycles. The van der Waals surface area contributed by atoms with Crippen LogP contribution in [0.1, 0.15) is 45.1 Å². The Labute approximate surface area is 127 Å². The van der Waals surface area contributed by atoms with E-state index < -0.39 is 0 Å². The van der Waals surface area contributed by atoms with Crippen LogP contribution in [0.15, 0.2) is 24.3 Å². The van der Waals surface area contributed by atoms with Gasteiger partial charge in [-0.3, -0.25) is 0 Å². The van der Waals surface area contributed by atoms with Crippen molar-refractivity contribution in [1.29, 1.82) is 0 Å². The SMILES string of the molecule is CCCNC(CC)CCCSCc1ccc(Cl)cc1. The molecular weight excluding hydrogens is 274 g/mol. The summed E-state index contributed by atoms with van der Waals surface area (Å²) in [5, 5.41) is 4.43. The van der Waals surface area contributed by atoms with Crippen LogP contribution in [0.25, 0.3) is 0 Å². The molecule has 0 amide bonds. The van der Waals surface area contributed by atoms with E-state index in [1.165, 1.54) is 37.0 Å². The van der Waals surface area contributed by atoms with Gasteiger partial charge in [0.25, 0.3) is 0 Å². The summed E-state index contributed by atoms with van der Waals surface area (Å²) in [6, 6.07) is 8.88. The zero-order valence-corrected chi connectivity index (χ0v) is 13.7. The van der Waals surface area contributed by atoms with Crippen molar-refractivity contribution in [3.8, 4) is 0 Å². The van der Waals surface area contributed by atoms with Crippen molar-refractivity contribution in [3.05, 3.63) is 34.9 Å². The Balaban J connectivity index is 2.08. The van der Waals surface area contributed by atoms with Crippen molar-refractivity contribution >= 4 is 23.4 Å². The van der Waals surface area contributed by atoms with Gasteiger partial charge >= 0.3 is 0 Å². The number of benzene rings is 1. The van der Waals surface area contributed by atoms with E-state index in [2.05, 4.69) is 31.3 Å². The van der Waals surface area contributed by atoms with Gasteiger partial charge in [0, 0.05) is 16.8 Å². The zero-order valence-electron chi connectivity index (χ0n) is 12.1. The molecule has 108 valence electrons. The molecule has 1 unspecified atom stereocenters. The highest BCUT2D eigenvalue weighted by molar-refractivity contribution is 7.98. The molecule has 1 nitrogen and oxygen atoms in total. The molecule has 0 radical (unpaired) electrons. The Morgan fingerprint density at radius 3 is 2.58 bits per heavy atom. The third kappa shape index (κ3) is 7.86. The average molecular weight is 300 g/mol. The van der Waals surface area contributed by atoms with Crippen molar-refractivity contribution in [2.24, 2.45) is 0 Å². The maximum Gasteiger partial charge on any atom is 0.0406 e. The second kappa shape index (κ2) is 10.6. The Bertz CT molecular complexity index is 326. The highest BCUT2D eigenvalue weighted by Gasteiger charge is 2.04. The third-order valence-corrected chi connectivity index (χ3v) is 4.57. The largest absolute Gasteiger partial charge is 0.314 e. The fraction of sp³-hybridized carbons (Fsp3) is 0.625. The summed E-state index contributed by atoms with van der Waals surface area (Å²) in [5.41, 5.74) is 1.37. The molecule has 0 heterocycles. The fourth-order valence-electron chi connectivity index (χ4n) is 2.00. The van der Waals surface area contributed by atoms with Crippen LogP contribution in [0, 0.1) is 0 Å². The minimum atomic E-state index is 0.705. The highest BCUT2D eigenvalue weighted by atomic mass is 35.5. The third-order valence-electron chi connectivity index (χ3n) is 3.20. The maximum absolute atomic E-state index is 5.87.